The molecule has 0 aromatic carbocycles. The Hall–Kier alpha value is -0.130. The van der Waals surface area contributed by atoms with E-state index in [1.54, 1.807) is 0 Å². The molecule has 0 bridgehead atoms. The molecule has 13 heavy (non-hydrogen) atoms. The predicted octanol–water partition coefficient (Wildman–Crippen LogP) is 0.574. The van der Waals surface area contributed by atoms with E-state index >= 15 is 0 Å². The Morgan fingerprint density at radius 2 is 1.77 bits per heavy atom. The third-order valence-electron chi connectivity index (χ3n) is 2.05. The van der Waals surface area contributed by atoms with Crippen LogP contribution in [0.2, 0.25) is 0 Å². The summed E-state index contributed by atoms with van der Waals surface area (Å²) in [4.78, 5) is 0. The molecule has 1 heterocycles. The fourth-order valence-corrected chi connectivity index (χ4v) is 3.33. The third kappa shape index (κ3) is 2.65. The van der Waals surface area contributed by atoms with Crippen LogP contribution >= 0.6 is 0 Å². The summed E-state index contributed by atoms with van der Waals surface area (Å²) in [5, 5.41) is 0. The molecule has 1 aliphatic rings. The van der Waals surface area contributed by atoms with Gasteiger partial charge in [-0.2, -0.15) is 0 Å². The Labute approximate surface area is 79.1 Å². The molecule has 0 unspecified atom stereocenters. The first-order valence-corrected chi connectivity index (χ1v) is 6.34. The van der Waals surface area contributed by atoms with Crippen molar-refractivity contribution in [3.05, 3.63) is 0 Å². The van der Waals surface area contributed by atoms with E-state index in [4.69, 9.17) is 9.47 Å². The molecule has 0 atom stereocenters. The van der Waals surface area contributed by atoms with Crippen molar-refractivity contribution in [1.82, 2.24) is 0 Å². The molecule has 1 aliphatic heterocycles. The molecule has 0 aromatic heterocycles. The van der Waals surface area contributed by atoms with Crippen LogP contribution < -0.4 is 0 Å². The smallest absolute Gasteiger partial charge is 0.183 e. The maximum atomic E-state index is 11.2. The molecule has 0 amide bonds. The van der Waals surface area contributed by atoms with Crippen molar-refractivity contribution in [3.63, 3.8) is 0 Å². The van der Waals surface area contributed by atoms with E-state index < -0.39 is 15.6 Å². The first kappa shape index (κ1) is 10.9. The largest absolute Gasteiger partial charge is 0.349 e. The number of sulfone groups is 1. The lowest BCUT2D eigenvalue weighted by Gasteiger charge is -2.26. The summed E-state index contributed by atoms with van der Waals surface area (Å²) < 4.78 is 33.2. The topological polar surface area (TPSA) is 52.6 Å². The quantitative estimate of drug-likeness (QED) is 0.634. The minimum Gasteiger partial charge on any atom is -0.349 e. The Bertz CT molecular complexity index is 251. The minimum atomic E-state index is -2.95. The Kier molecular flexibility index (Phi) is 3.32. The van der Waals surface area contributed by atoms with E-state index in [2.05, 4.69) is 0 Å². The molecule has 4 nitrogen and oxygen atoms in total. The average molecular weight is 208 g/mol. The maximum Gasteiger partial charge on any atom is 0.183 e. The number of hydrogen-bond acceptors (Lipinski definition) is 4. The Balaban J connectivity index is 2.71. The van der Waals surface area contributed by atoms with Gasteiger partial charge in [0.1, 0.15) is 5.75 Å². The van der Waals surface area contributed by atoms with Gasteiger partial charge in [-0.3, -0.25) is 0 Å². The normalized spacial score (nSPS) is 24.8. The van der Waals surface area contributed by atoms with E-state index in [9.17, 15) is 8.42 Å². The highest BCUT2D eigenvalue weighted by atomic mass is 32.2. The molecule has 1 saturated heterocycles. The van der Waals surface area contributed by atoms with E-state index in [0.717, 1.165) is 0 Å². The SMILES string of the molecule is CCOC1(OCC)CCS(=O)(=O)C1. The van der Waals surface area contributed by atoms with E-state index in [-0.39, 0.29) is 11.5 Å². The van der Waals surface area contributed by atoms with Gasteiger partial charge in [-0.15, -0.1) is 0 Å². The zero-order chi connectivity index (χ0) is 9.95. The van der Waals surface area contributed by atoms with Crippen molar-refractivity contribution in [2.24, 2.45) is 0 Å². The zero-order valence-corrected chi connectivity index (χ0v) is 8.89. The van der Waals surface area contributed by atoms with Gasteiger partial charge in [0.2, 0.25) is 0 Å². The average Bonchev–Trinajstić information content (AvgIpc) is 2.28. The van der Waals surface area contributed by atoms with Crippen LogP contribution in [0.4, 0.5) is 0 Å². The number of ether oxygens (including phenoxy) is 2. The second kappa shape index (κ2) is 3.94. The van der Waals surface area contributed by atoms with Crippen LogP contribution in [0.15, 0.2) is 0 Å². The molecule has 5 heteroatoms. The third-order valence-corrected chi connectivity index (χ3v) is 3.75. The second-order valence-corrected chi connectivity index (χ2v) is 5.30. The molecule has 0 radical (unpaired) electrons. The predicted molar refractivity (Wildman–Crippen MR) is 49.3 cm³/mol. The highest BCUT2D eigenvalue weighted by Gasteiger charge is 2.43. The molecule has 0 spiro atoms. The fraction of sp³-hybridized carbons (Fsp3) is 1.00. The molecular formula is C8H16O4S. The fourth-order valence-electron chi connectivity index (χ4n) is 1.59. The summed E-state index contributed by atoms with van der Waals surface area (Å²) in [6.45, 7) is 4.64. The van der Waals surface area contributed by atoms with Crippen LogP contribution in [0, 0.1) is 0 Å². The zero-order valence-electron chi connectivity index (χ0n) is 8.08. The van der Waals surface area contributed by atoms with Crippen LogP contribution in [0.3, 0.4) is 0 Å². The van der Waals surface area contributed by atoms with Crippen molar-refractivity contribution < 1.29 is 17.9 Å². The summed E-state index contributed by atoms with van der Waals surface area (Å²) in [7, 11) is -2.95. The summed E-state index contributed by atoms with van der Waals surface area (Å²) in [6.07, 6.45) is 0.455. The van der Waals surface area contributed by atoms with E-state index in [1.807, 2.05) is 13.8 Å². The van der Waals surface area contributed by atoms with Crippen LogP contribution in [0.1, 0.15) is 20.3 Å². The lowest BCUT2D eigenvalue weighted by molar-refractivity contribution is -0.214. The summed E-state index contributed by atoms with van der Waals surface area (Å²) in [5.41, 5.74) is 0. The first-order chi connectivity index (χ1) is 6.04. The van der Waals surface area contributed by atoms with Crippen molar-refractivity contribution in [2.45, 2.75) is 26.1 Å². The van der Waals surface area contributed by atoms with Gasteiger partial charge < -0.3 is 9.47 Å². The van der Waals surface area contributed by atoms with Crippen LogP contribution in [-0.2, 0) is 19.3 Å². The van der Waals surface area contributed by atoms with Gasteiger partial charge in [-0.25, -0.2) is 8.42 Å². The Morgan fingerprint density at radius 3 is 2.08 bits per heavy atom. The molecule has 0 aromatic rings. The van der Waals surface area contributed by atoms with Crippen LogP contribution in [-0.4, -0.2) is 38.9 Å². The number of rotatable bonds is 4. The van der Waals surface area contributed by atoms with Crippen LogP contribution in [0.5, 0.6) is 0 Å². The molecule has 1 fully saturated rings. The lowest BCUT2D eigenvalue weighted by Crippen LogP contribution is -2.37. The molecule has 0 N–H and O–H groups in total. The first-order valence-electron chi connectivity index (χ1n) is 4.52. The van der Waals surface area contributed by atoms with Crippen molar-refractivity contribution in [3.8, 4) is 0 Å². The second-order valence-electron chi connectivity index (χ2n) is 3.12. The molecule has 0 aliphatic carbocycles. The summed E-state index contributed by atoms with van der Waals surface area (Å²) >= 11 is 0. The summed E-state index contributed by atoms with van der Waals surface area (Å²) in [6, 6.07) is 0. The highest BCUT2D eigenvalue weighted by molar-refractivity contribution is 7.91. The van der Waals surface area contributed by atoms with Crippen molar-refractivity contribution >= 4 is 9.84 Å². The van der Waals surface area contributed by atoms with Gasteiger partial charge in [0.05, 0.1) is 5.75 Å². The molecular weight excluding hydrogens is 192 g/mol. The van der Waals surface area contributed by atoms with Crippen LogP contribution in [0.25, 0.3) is 0 Å². The van der Waals surface area contributed by atoms with Gasteiger partial charge in [0.25, 0.3) is 0 Å². The van der Waals surface area contributed by atoms with Crippen molar-refractivity contribution in [2.75, 3.05) is 24.7 Å². The van der Waals surface area contributed by atoms with E-state index in [0.29, 0.717) is 19.6 Å². The van der Waals surface area contributed by atoms with Gasteiger partial charge >= 0.3 is 0 Å². The Morgan fingerprint density at radius 1 is 1.23 bits per heavy atom. The molecule has 78 valence electrons. The van der Waals surface area contributed by atoms with Gasteiger partial charge in [0.15, 0.2) is 15.6 Å². The molecule has 0 saturated carbocycles. The van der Waals surface area contributed by atoms with Crippen molar-refractivity contribution in [1.29, 1.82) is 0 Å². The van der Waals surface area contributed by atoms with Gasteiger partial charge in [-0.1, -0.05) is 0 Å². The molecule has 1 rings (SSSR count). The lowest BCUT2D eigenvalue weighted by atomic mass is 10.2. The van der Waals surface area contributed by atoms with Gasteiger partial charge in [-0.05, 0) is 13.8 Å². The van der Waals surface area contributed by atoms with Gasteiger partial charge in [0, 0.05) is 19.6 Å². The van der Waals surface area contributed by atoms with E-state index in [1.165, 1.54) is 0 Å². The number of hydrogen-bond donors (Lipinski definition) is 0. The summed E-state index contributed by atoms with van der Waals surface area (Å²) in [5.74, 6) is -0.684. The standard InChI is InChI=1S/C8H16O4S/c1-3-11-8(12-4-2)5-6-13(9,10)7-8/h3-7H2,1-2H3. The maximum absolute atomic E-state index is 11.2. The monoisotopic (exact) mass is 208 g/mol. The highest BCUT2D eigenvalue weighted by Crippen LogP contribution is 2.28. The minimum absolute atomic E-state index is 0.00167.